The fraction of sp³-hybridized carbons (Fsp3) is 0.760. The molecule has 0 unspecified atom stereocenters. The summed E-state index contributed by atoms with van der Waals surface area (Å²) in [6.07, 6.45) is 7.99. The fourth-order valence-electron chi connectivity index (χ4n) is 4.61. The van der Waals surface area contributed by atoms with Gasteiger partial charge in [-0.05, 0) is 56.9 Å². The average molecular weight is 437 g/mol. The van der Waals surface area contributed by atoms with E-state index < -0.39 is 11.5 Å². The van der Waals surface area contributed by atoms with Crippen LogP contribution in [-0.2, 0) is 19.1 Å². The molecule has 1 saturated heterocycles. The van der Waals surface area contributed by atoms with Crippen LogP contribution in [-0.4, -0.2) is 40.5 Å². The maximum atomic E-state index is 12.9. The third-order valence-electron chi connectivity index (χ3n) is 6.99. The molecule has 1 fully saturated rings. The Morgan fingerprint density at radius 3 is 2.65 bits per heavy atom. The molecule has 2 rings (SSSR count). The molecule has 0 aromatic carbocycles. The van der Waals surface area contributed by atoms with Gasteiger partial charge in [0.15, 0.2) is 0 Å². The molecule has 0 aromatic rings. The first-order valence-corrected chi connectivity index (χ1v) is 11.7. The van der Waals surface area contributed by atoms with E-state index in [0.29, 0.717) is 25.7 Å². The number of ether oxygens (including phenoxy) is 2. The van der Waals surface area contributed by atoms with Crippen LogP contribution in [0.15, 0.2) is 24.0 Å². The predicted molar refractivity (Wildman–Crippen MR) is 119 cm³/mol. The summed E-state index contributed by atoms with van der Waals surface area (Å²) in [5.41, 5.74) is 0.206. The summed E-state index contributed by atoms with van der Waals surface area (Å²) in [5.74, 6) is -0.361. The number of carbonyl (C=O) groups excluding carboxylic acids is 2. The van der Waals surface area contributed by atoms with Gasteiger partial charge in [0, 0.05) is 12.3 Å². The first-order chi connectivity index (χ1) is 14.6. The number of rotatable bonds is 9. The van der Waals surface area contributed by atoms with Gasteiger partial charge in [-0.25, -0.2) is 0 Å². The lowest BCUT2D eigenvalue weighted by atomic mass is 9.68. The van der Waals surface area contributed by atoms with Gasteiger partial charge in [0.2, 0.25) is 0 Å². The van der Waals surface area contributed by atoms with Crippen LogP contribution in [0.1, 0.15) is 79.6 Å². The predicted octanol–water partition coefficient (Wildman–Crippen LogP) is 4.86. The van der Waals surface area contributed by atoms with Gasteiger partial charge < -0.3 is 19.7 Å². The summed E-state index contributed by atoms with van der Waals surface area (Å²) in [6.45, 7) is 9.96. The van der Waals surface area contributed by atoms with E-state index in [2.05, 4.69) is 19.9 Å². The van der Waals surface area contributed by atoms with Crippen LogP contribution in [0, 0.1) is 23.2 Å². The second-order valence-corrected chi connectivity index (χ2v) is 9.79. The number of cyclic esters (lactones) is 1. The molecule has 0 bridgehead atoms. The number of hydrogen-bond acceptors (Lipinski definition) is 6. The van der Waals surface area contributed by atoms with Gasteiger partial charge >= 0.3 is 11.9 Å². The Kier molecular flexibility index (Phi) is 9.16. The van der Waals surface area contributed by atoms with Crippen molar-refractivity contribution in [2.45, 2.75) is 97.9 Å². The van der Waals surface area contributed by atoms with Gasteiger partial charge in [0.25, 0.3) is 0 Å². The Morgan fingerprint density at radius 1 is 1.35 bits per heavy atom. The Morgan fingerprint density at radius 2 is 2.06 bits per heavy atom. The van der Waals surface area contributed by atoms with Gasteiger partial charge in [-0.15, -0.1) is 0 Å². The lowest BCUT2D eigenvalue weighted by Crippen LogP contribution is -2.41. The standard InChI is InChI=1S/C25H40O6/c1-6-8-21(31-24(29)25(4,5)7-2)23-17(15-26)10-9-16(3)20(23)12-11-19-13-18(27)14-22(28)30-19/h9-10,15-16,18-21,23,26-27H,6-8,11-14H2,1-5H3/b17-15-/t16-,18+,19-,20-,21-,23-/m1/s1. The molecule has 1 aliphatic heterocycles. The highest BCUT2D eigenvalue weighted by molar-refractivity contribution is 5.76. The summed E-state index contributed by atoms with van der Waals surface area (Å²) in [7, 11) is 0. The third-order valence-corrected chi connectivity index (χ3v) is 6.99. The van der Waals surface area contributed by atoms with Crippen LogP contribution >= 0.6 is 0 Å². The van der Waals surface area contributed by atoms with E-state index in [-0.39, 0.29) is 48.3 Å². The summed E-state index contributed by atoms with van der Waals surface area (Å²) in [4.78, 5) is 24.6. The molecule has 31 heavy (non-hydrogen) atoms. The number of aliphatic hydroxyl groups excluding tert-OH is 2. The zero-order valence-corrected chi connectivity index (χ0v) is 19.7. The van der Waals surface area contributed by atoms with E-state index in [1.165, 1.54) is 0 Å². The Bertz CT molecular complexity index is 679. The highest BCUT2D eigenvalue weighted by atomic mass is 16.6. The minimum atomic E-state index is -0.649. The molecule has 0 amide bonds. The van der Waals surface area contributed by atoms with E-state index in [1.54, 1.807) is 0 Å². The molecule has 1 aliphatic carbocycles. The quantitative estimate of drug-likeness (QED) is 0.396. The number of aliphatic hydroxyl groups is 2. The van der Waals surface area contributed by atoms with Gasteiger partial charge in [0.05, 0.1) is 24.2 Å². The zero-order chi connectivity index (χ0) is 23.2. The molecule has 2 N–H and O–H groups in total. The van der Waals surface area contributed by atoms with Gasteiger partial charge in [0.1, 0.15) is 12.2 Å². The molecule has 0 saturated carbocycles. The maximum Gasteiger partial charge on any atom is 0.311 e. The van der Waals surface area contributed by atoms with E-state index in [1.807, 2.05) is 26.8 Å². The Labute approximate surface area is 186 Å². The van der Waals surface area contributed by atoms with Crippen molar-refractivity contribution in [1.82, 2.24) is 0 Å². The van der Waals surface area contributed by atoms with Gasteiger partial charge in [-0.1, -0.05) is 39.3 Å². The van der Waals surface area contributed by atoms with Crippen molar-refractivity contribution >= 4 is 11.9 Å². The van der Waals surface area contributed by atoms with Gasteiger partial charge in [-0.2, -0.15) is 0 Å². The highest BCUT2D eigenvalue weighted by Gasteiger charge is 2.41. The highest BCUT2D eigenvalue weighted by Crippen LogP contribution is 2.42. The molecule has 0 spiro atoms. The smallest absolute Gasteiger partial charge is 0.311 e. The molecular formula is C25H40O6. The second-order valence-electron chi connectivity index (χ2n) is 9.79. The van der Waals surface area contributed by atoms with Crippen molar-refractivity contribution in [3.63, 3.8) is 0 Å². The lowest BCUT2D eigenvalue weighted by Gasteiger charge is -2.40. The summed E-state index contributed by atoms with van der Waals surface area (Å²) in [6, 6.07) is 0. The number of allylic oxidation sites excluding steroid dienone is 2. The van der Waals surface area contributed by atoms with Crippen molar-refractivity contribution < 1.29 is 29.3 Å². The second kappa shape index (κ2) is 11.2. The summed E-state index contributed by atoms with van der Waals surface area (Å²) in [5, 5.41) is 19.9. The van der Waals surface area contributed by atoms with Crippen LogP contribution < -0.4 is 0 Å². The van der Waals surface area contributed by atoms with Crippen LogP contribution in [0.2, 0.25) is 0 Å². The van der Waals surface area contributed by atoms with E-state index >= 15 is 0 Å². The molecular weight excluding hydrogens is 396 g/mol. The summed E-state index contributed by atoms with van der Waals surface area (Å²) < 4.78 is 11.5. The van der Waals surface area contributed by atoms with E-state index in [4.69, 9.17) is 9.47 Å². The number of hydrogen-bond donors (Lipinski definition) is 2. The Hall–Kier alpha value is -1.82. The minimum Gasteiger partial charge on any atom is -0.515 e. The minimum absolute atomic E-state index is 0.0564. The maximum absolute atomic E-state index is 12.9. The molecule has 176 valence electrons. The van der Waals surface area contributed by atoms with Crippen LogP contribution in [0.3, 0.4) is 0 Å². The molecule has 0 radical (unpaired) electrons. The van der Waals surface area contributed by atoms with Crippen LogP contribution in [0.4, 0.5) is 0 Å². The monoisotopic (exact) mass is 436 g/mol. The van der Waals surface area contributed by atoms with Crippen molar-refractivity contribution in [2.24, 2.45) is 23.2 Å². The van der Waals surface area contributed by atoms with E-state index in [9.17, 15) is 19.8 Å². The molecule has 1 heterocycles. The summed E-state index contributed by atoms with van der Waals surface area (Å²) >= 11 is 0. The third kappa shape index (κ3) is 6.58. The average Bonchev–Trinajstić information content (AvgIpc) is 2.71. The normalized spacial score (nSPS) is 31.4. The lowest BCUT2D eigenvalue weighted by molar-refractivity contribution is -0.165. The molecule has 6 nitrogen and oxygen atoms in total. The number of esters is 2. The van der Waals surface area contributed by atoms with Gasteiger partial charge in [-0.3, -0.25) is 9.59 Å². The van der Waals surface area contributed by atoms with Crippen molar-refractivity contribution in [3.05, 3.63) is 24.0 Å². The van der Waals surface area contributed by atoms with Crippen LogP contribution in [0.5, 0.6) is 0 Å². The number of carbonyl (C=O) groups is 2. The first kappa shape index (κ1) is 25.4. The SMILES string of the molecule is CCC[C@@H](OC(=O)C(C)(C)CC)[C@@H]1/C(=C\O)C=C[C@@H](C)[C@H]1CC[C@@H]1C[C@H](O)CC(=O)O1. The molecule has 6 atom stereocenters. The topological polar surface area (TPSA) is 93.1 Å². The zero-order valence-electron chi connectivity index (χ0n) is 19.7. The first-order valence-electron chi connectivity index (χ1n) is 11.7. The molecule has 6 heteroatoms. The largest absolute Gasteiger partial charge is 0.515 e. The van der Waals surface area contributed by atoms with Crippen molar-refractivity contribution in [1.29, 1.82) is 0 Å². The fourth-order valence-corrected chi connectivity index (χ4v) is 4.61. The molecule has 0 aromatic heterocycles. The van der Waals surface area contributed by atoms with Crippen molar-refractivity contribution in [2.75, 3.05) is 0 Å². The van der Waals surface area contributed by atoms with Crippen molar-refractivity contribution in [3.8, 4) is 0 Å². The van der Waals surface area contributed by atoms with E-state index in [0.717, 1.165) is 24.7 Å². The van der Waals surface area contributed by atoms with Crippen LogP contribution in [0.25, 0.3) is 0 Å². The Balaban J connectivity index is 2.23. The molecule has 2 aliphatic rings.